The highest BCUT2D eigenvalue weighted by molar-refractivity contribution is 7.89. The molecule has 7 heteroatoms. The van der Waals surface area contributed by atoms with E-state index >= 15 is 0 Å². The highest BCUT2D eigenvalue weighted by Gasteiger charge is 2.31. The summed E-state index contributed by atoms with van der Waals surface area (Å²) in [5.41, 5.74) is 1.03. The monoisotopic (exact) mass is 365 g/mol. The van der Waals surface area contributed by atoms with Crippen molar-refractivity contribution >= 4 is 21.6 Å². The van der Waals surface area contributed by atoms with E-state index < -0.39 is 10.0 Å². The maximum atomic E-state index is 12.4. The number of rotatable bonds is 4. The zero-order valence-corrected chi connectivity index (χ0v) is 15.5. The Balaban J connectivity index is 1.59. The second-order valence-corrected chi connectivity index (χ2v) is 8.93. The molecule has 2 aliphatic rings. The fourth-order valence-corrected chi connectivity index (χ4v) is 5.02. The first-order valence-electron chi connectivity index (χ1n) is 8.98. The van der Waals surface area contributed by atoms with E-state index in [1.807, 2.05) is 0 Å². The third-order valence-electron chi connectivity index (χ3n) is 5.52. The van der Waals surface area contributed by atoms with Crippen molar-refractivity contribution in [3.05, 3.63) is 23.8 Å². The van der Waals surface area contributed by atoms with E-state index in [0.29, 0.717) is 17.8 Å². The van der Waals surface area contributed by atoms with Gasteiger partial charge in [-0.15, -0.1) is 0 Å². The van der Waals surface area contributed by atoms with Gasteiger partial charge in [-0.25, -0.2) is 13.6 Å². The Hall–Kier alpha value is -1.44. The molecule has 25 heavy (non-hydrogen) atoms. The summed E-state index contributed by atoms with van der Waals surface area (Å²) in [5, 5.41) is 8.02. The number of hydrogen-bond acceptors (Lipinski definition) is 4. The van der Waals surface area contributed by atoms with E-state index in [1.165, 1.54) is 38.2 Å². The van der Waals surface area contributed by atoms with Gasteiger partial charge in [-0.1, -0.05) is 25.3 Å². The lowest BCUT2D eigenvalue weighted by Crippen LogP contribution is -2.44. The fourth-order valence-electron chi connectivity index (χ4n) is 4.21. The Kier molecular flexibility index (Phi) is 5.46. The van der Waals surface area contributed by atoms with Crippen LogP contribution in [0.3, 0.4) is 0 Å². The molecule has 0 aromatic heterocycles. The van der Waals surface area contributed by atoms with Crippen LogP contribution in [0.4, 0.5) is 5.69 Å². The summed E-state index contributed by atoms with van der Waals surface area (Å²) in [6.45, 7) is 3.99. The number of hydrogen-bond donors (Lipinski definition) is 2. The lowest BCUT2D eigenvalue weighted by Gasteiger charge is -2.41. The van der Waals surface area contributed by atoms with Crippen molar-refractivity contribution in [3.8, 4) is 0 Å². The molecule has 0 bridgehead atoms. The quantitative estimate of drug-likeness (QED) is 0.854. The van der Waals surface area contributed by atoms with Crippen LogP contribution in [0.2, 0.25) is 0 Å². The summed E-state index contributed by atoms with van der Waals surface area (Å²) < 4.78 is 23.2. The zero-order chi connectivity index (χ0) is 18.0. The van der Waals surface area contributed by atoms with Gasteiger partial charge in [0.1, 0.15) is 0 Å². The van der Waals surface area contributed by atoms with E-state index in [0.717, 1.165) is 24.9 Å². The number of amides is 1. The van der Waals surface area contributed by atoms with E-state index in [-0.39, 0.29) is 10.8 Å². The van der Waals surface area contributed by atoms with Gasteiger partial charge in [0.05, 0.1) is 11.4 Å². The first kappa shape index (κ1) is 18.4. The summed E-state index contributed by atoms with van der Waals surface area (Å²) in [4.78, 5) is 14.6. The Morgan fingerprint density at radius 1 is 1.24 bits per heavy atom. The second kappa shape index (κ2) is 7.43. The number of carbonyl (C=O) groups excluding carboxylic acids is 1. The van der Waals surface area contributed by atoms with Crippen LogP contribution in [0.15, 0.2) is 23.1 Å². The largest absolute Gasteiger partial charge is 0.325 e. The molecule has 3 rings (SSSR count). The van der Waals surface area contributed by atoms with Gasteiger partial charge in [0.2, 0.25) is 15.9 Å². The summed E-state index contributed by atoms with van der Waals surface area (Å²) in [5.74, 6) is 1.45. The van der Waals surface area contributed by atoms with E-state index in [1.54, 1.807) is 19.1 Å². The number of piperidine rings is 1. The minimum Gasteiger partial charge on any atom is -0.325 e. The van der Waals surface area contributed by atoms with E-state index in [9.17, 15) is 13.2 Å². The standard InChI is InChI=1S/C18H27N3O3S/c1-13-6-7-16(10-17(13)25(19,23)24)20-18(22)12-21-9-8-14-4-2-3-5-15(14)11-21/h6-7,10,14-15H,2-5,8-9,11-12H2,1H3,(H,20,22)(H2,19,23,24)/t14-,15+/m1/s1. The Bertz CT molecular complexity index is 748. The summed E-state index contributed by atoms with van der Waals surface area (Å²) in [6, 6.07) is 4.79. The Labute approximate surface area is 149 Å². The normalized spacial score (nSPS) is 24.6. The number of fused-ring (bicyclic) bond motifs is 1. The molecule has 1 saturated heterocycles. The third kappa shape index (κ3) is 4.59. The fraction of sp³-hybridized carbons (Fsp3) is 0.611. The molecule has 1 aromatic rings. The number of likely N-dealkylation sites (tertiary alicyclic amines) is 1. The smallest absolute Gasteiger partial charge is 0.238 e. The number of carbonyl (C=O) groups is 1. The van der Waals surface area contributed by atoms with Crippen LogP contribution in [0.1, 0.15) is 37.7 Å². The molecule has 6 nitrogen and oxygen atoms in total. The minimum absolute atomic E-state index is 0.0494. The molecular formula is C18H27N3O3S. The molecule has 2 fully saturated rings. The number of nitrogens with one attached hydrogen (secondary N) is 1. The number of nitrogens with zero attached hydrogens (tertiary/aromatic N) is 1. The highest BCUT2D eigenvalue weighted by Crippen LogP contribution is 2.35. The van der Waals surface area contributed by atoms with Gasteiger partial charge in [-0.05, 0) is 55.8 Å². The average Bonchev–Trinajstić information content (AvgIpc) is 2.55. The van der Waals surface area contributed by atoms with E-state index in [2.05, 4.69) is 10.2 Å². The van der Waals surface area contributed by atoms with Crippen LogP contribution in [0, 0.1) is 18.8 Å². The maximum Gasteiger partial charge on any atom is 0.238 e. The number of primary sulfonamides is 1. The SMILES string of the molecule is Cc1ccc(NC(=O)CN2CC[C@H]3CCCC[C@H]3C2)cc1S(N)(=O)=O. The van der Waals surface area contributed by atoms with Gasteiger partial charge < -0.3 is 5.32 Å². The first-order valence-corrected chi connectivity index (χ1v) is 10.5. The molecule has 0 spiro atoms. The van der Waals surface area contributed by atoms with Crippen LogP contribution in [-0.2, 0) is 14.8 Å². The van der Waals surface area contributed by atoms with Crippen LogP contribution in [0.5, 0.6) is 0 Å². The van der Waals surface area contributed by atoms with Crippen LogP contribution < -0.4 is 10.5 Å². The topological polar surface area (TPSA) is 92.5 Å². The summed E-state index contributed by atoms with van der Waals surface area (Å²) in [6.07, 6.45) is 6.45. The number of benzene rings is 1. The van der Waals surface area contributed by atoms with Crippen LogP contribution in [-0.4, -0.2) is 38.9 Å². The summed E-state index contributed by atoms with van der Waals surface area (Å²) >= 11 is 0. The van der Waals surface area contributed by atoms with Crippen LogP contribution in [0.25, 0.3) is 0 Å². The minimum atomic E-state index is -3.79. The van der Waals surface area contributed by atoms with Gasteiger partial charge in [-0.3, -0.25) is 9.69 Å². The molecule has 3 N–H and O–H groups in total. The Morgan fingerprint density at radius 2 is 1.96 bits per heavy atom. The molecular weight excluding hydrogens is 338 g/mol. The van der Waals surface area contributed by atoms with Gasteiger partial charge in [0.25, 0.3) is 0 Å². The molecule has 138 valence electrons. The lowest BCUT2D eigenvalue weighted by atomic mass is 9.75. The molecule has 0 unspecified atom stereocenters. The number of aryl methyl sites for hydroxylation is 1. The van der Waals surface area contributed by atoms with Crippen molar-refractivity contribution < 1.29 is 13.2 Å². The van der Waals surface area contributed by atoms with Crippen LogP contribution >= 0.6 is 0 Å². The number of sulfonamides is 1. The van der Waals surface area contributed by atoms with Crippen molar-refractivity contribution in [2.75, 3.05) is 25.0 Å². The molecule has 1 heterocycles. The van der Waals surface area contributed by atoms with Crippen molar-refractivity contribution in [1.82, 2.24) is 4.90 Å². The highest BCUT2D eigenvalue weighted by atomic mass is 32.2. The molecule has 0 radical (unpaired) electrons. The van der Waals surface area contributed by atoms with Crippen molar-refractivity contribution in [1.29, 1.82) is 0 Å². The molecule has 2 atom stereocenters. The van der Waals surface area contributed by atoms with Gasteiger partial charge in [0.15, 0.2) is 0 Å². The lowest BCUT2D eigenvalue weighted by molar-refractivity contribution is -0.118. The van der Waals surface area contributed by atoms with Crippen molar-refractivity contribution in [2.24, 2.45) is 17.0 Å². The summed E-state index contributed by atoms with van der Waals surface area (Å²) in [7, 11) is -3.79. The van der Waals surface area contributed by atoms with E-state index in [4.69, 9.17) is 5.14 Å². The zero-order valence-electron chi connectivity index (χ0n) is 14.7. The second-order valence-electron chi connectivity index (χ2n) is 7.40. The number of anilines is 1. The molecule has 1 aliphatic heterocycles. The van der Waals surface area contributed by atoms with Gasteiger partial charge in [-0.2, -0.15) is 0 Å². The predicted octanol–water partition coefficient (Wildman–Crippen LogP) is 2.09. The maximum absolute atomic E-state index is 12.4. The molecule has 1 aromatic carbocycles. The van der Waals surface area contributed by atoms with Gasteiger partial charge >= 0.3 is 0 Å². The molecule has 1 saturated carbocycles. The molecule has 1 aliphatic carbocycles. The van der Waals surface area contributed by atoms with Crippen molar-refractivity contribution in [3.63, 3.8) is 0 Å². The third-order valence-corrected chi connectivity index (χ3v) is 6.57. The van der Waals surface area contributed by atoms with Gasteiger partial charge in [0, 0.05) is 12.2 Å². The first-order chi connectivity index (χ1) is 11.8. The number of nitrogens with two attached hydrogens (primary N) is 1. The Morgan fingerprint density at radius 3 is 2.68 bits per heavy atom. The average molecular weight is 365 g/mol. The van der Waals surface area contributed by atoms with Crippen molar-refractivity contribution in [2.45, 2.75) is 43.9 Å². The molecule has 1 amide bonds. The predicted molar refractivity (Wildman–Crippen MR) is 97.7 cm³/mol.